The molecule has 0 bridgehead atoms. The van der Waals surface area contributed by atoms with Crippen molar-refractivity contribution in [1.82, 2.24) is 4.90 Å². The lowest BCUT2D eigenvalue weighted by Crippen LogP contribution is -2.70. The molecule has 1 aliphatic heterocycles. The summed E-state index contributed by atoms with van der Waals surface area (Å²) >= 11 is 0. The zero-order valence-corrected chi connectivity index (χ0v) is 37.9. The maximum absolute atomic E-state index is 14.6. The summed E-state index contributed by atoms with van der Waals surface area (Å²) in [5, 5.41) is 27.1. The standard InChI is InChI=1S/C55H62N2O8/c1-5-30-62-55-51(57(54(60)61-4)35-42-21-15-20-40-18-9-10-22-45(40)42)34-49(56-63-36-39-16-7-6-8-17-39)47-32-41(19-11-13-28-58)46(23-12-14-29-59)52(53(47)55)48-33-44(26-27-50(48)65-55)64-43-25-24-37(2)38(3)31-43/h5-10,15-18,20-22,24-27,31-33,41,46,51-53,58-59H,1,11-14,19,23,28-30,34-36H2,2-4H3/t41-,46+,51-,52+,53+,55+/m0/s1. The molecule has 0 unspecified atom stereocenters. The number of allylic oxidation sites excluding steroid dienone is 1. The number of nitrogens with zero attached hydrogens (tertiary/aromatic N) is 2. The van der Waals surface area contributed by atoms with Gasteiger partial charge in [-0.15, -0.1) is 6.58 Å². The Hall–Kier alpha value is -5.94. The van der Waals surface area contributed by atoms with Crippen molar-refractivity contribution in [1.29, 1.82) is 0 Å². The van der Waals surface area contributed by atoms with Crippen molar-refractivity contribution in [3.8, 4) is 17.2 Å². The summed E-state index contributed by atoms with van der Waals surface area (Å²) in [6, 6.07) is 35.6. The molecule has 6 atom stereocenters. The van der Waals surface area contributed by atoms with Crippen molar-refractivity contribution in [3.05, 3.63) is 161 Å². The number of fused-ring (bicyclic) bond motifs is 3. The third kappa shape index (κ3) is 9.71. The van der Waals surface area contributed by atoms with Gasteiger partial charge in [-0.3, -0.25) is 4.90 Å². The van der Waals surface area contributed by atoms with Crippen molar-refractivity contribution in [3.63, 3.8) is 0 Å². The van der Waals surface area contributed by atoms with Crippen molar-refractivity contribution in [2.75, 3.05) is 26.9 Å². The van der Waals surface area contributed by atoms with E-state index in [1.807, 2.05) is 72.8 Å². The molecule has 5 aromatic rings. The molecule has 3 aliphatic rings. The van der Waals surface area contributed by atoms with Gasteiger partial charge in [0.05, 0.1) is 31.9 Å². The van der Waals surface area contributed by atoms with E-state index in [0.29, 0.717) is 30.1 Å². The van der Waals surface area contributed by atoms with Crippen molar-refractivity contribution < 1.29 is 38.8 Å². The van der Waals surface area contributed by atoms with Crippen LogP contribution in [0.4, 0.5) is 4.79 Å². The fraction of sp³-hybridized carbons (Fsp3) is 0.382. The molecule has 0 saturated heterocycles. The number of hydrogen-bond acceptors (Lipinski definition) is 9. The quantitative estimate of drug-likeness (QED) is 0.0478. The van der Waals surface area contributed by atoms with Gasteiger partial charge in [0.15, 0.2) is 0 Å². The predicted molar refractivity (Wildman–Crippen MR) is 254 cm³/mol. The molecular weight excluding hydrogens is 817 g/mol. The van der Waals surface area contributed by atoms with Gasteiger partial charge in [0, 0.05) is 31.1 Å². The molecule has 0 spiro atoms. The highest BCUT2D eigenvalue weighted by Crippen LogP contribution is 2.62. The lowest BCUT2D eigenvalue weighted by molar-refractivity contribution is -0.256. The second-order valence-electron chi connectivity index (χ2n) is 17.6. The first-order valence-corrected chi connectivity index (χ1v) is 23.1. The van der Waals surface area contributed by atoms with Crippen molar-refractivity contribution in [2.45, 2.75) is 89.7 Å². The number of carbonyl (C=O) groups excluding carboxylic acids is 1. The molecule has 10 heteroatoms. The molecule has 1 amide bonds. The summed E-state index contributed by atoms with van der Waals surface area (Å²) < 4.78 is 26.9. The molecule has 0 radical (unpaired) electrons. The van der Waals surface area contributed by atoms with Crippen LogP contribution in [0.5, 0.6) is 17.2 Å². The lowest BCUT2D eigenvalue weighted by Gasteiger charge is -2.59. The average molecular weight is 879 g/mol. The topological polar surface area (TPSA) is 119 Å². The van der Waals surface area contributed by atoms with E-state index in [-0.39, 0.29) is 57.1 Å². The zero-order chi connectivity index (χ0) is 45.3. The van der Waals surface area contributed by atoms with E-state index < -0.39 is 23.8 Å². The number of oxime groups is 1. The molecule has 2 N–H and O–H groups in total. The molecule has 65 heavy (non-hydrogen) atoms. The normalized spacial score (nSPS) is 22.6. The highest BCUT2D eigenvalue weighted by molar-refractivity contribution is 6.03. The minimum atomic E-state index is -1.45. The van der Waals surface area contributed by atoms with Gasteiger partial charge in [0.25, 0.3) is 0 Å². The molecule has 1 fully saturated rings. The van der Waals surface area contributed by atoms with Crippen LogP contribution in [-0.4, -0.2) is 65.7 Å². The van der Waals surface area contributed by atoms with Crippen LogP contribution in [0.1, 0.15) is 78.7 Å². The molecule has 1 saturated carbocycles. The summed E-state index contributed by atoms with van der Waals surface area (Å²) in [7, 11) is 1.41. The number of aliphatic hydroxyl groups is 2. The van der Waals surface area contributed by atoms with Gasteiger partial charge >= 0.3 is 6.09 Å². The molecule has 8 rings (SSSR count). The molecule has 340 valence electrons. The maximum atomic E-state index is 14.6. The third-order valence-electron chi connectivity index (χ3n) is 13.6. The highest BCUT2D eigenvalue weighted by atomic mass is 16.7. The Morgan fingerprint density at radius 1 is 0.877 bits per heavy atom. The van der Waals surface area contributed by atoms with Gasteiger partial charge in [-0.25, -0.2) is 4.79 Å². The monoisotopic (exact) mass is 878 g/mol. The SMILES string of the molecule is C=CCO[C@@]12Oc3ccc(Oc4ccc(C)c(C)c4)cc3[C@H]3[C@H](CCCCO)[C@@H](CCCCO)C=C(C(=NOCc4ccccc4)C[C@@H]1N(Cc1cccc4ccccc14)C(=O)OC)[C@H]32. The molecule has 0 aromatic heterocycles. The fourth-order valence-corrected chi connectivity index (χ4v) is 10.4. The second kappa shape index (κ2) is 20.9. The molecule has 1 heterocycles. The van der Waals surface area contributed by atoms with Crippen LogP contribution >= 0.6 is 0 Å². The van der Waals surface area contributed by atoms with E-state index in [1.54, 1.807) is 11.0 Å². The van der Waals surface area contributed by atoms with Gasteiger partial charge in [-0.2, -0.15) is 0 Å². The van der Waals surface area contributed by atoms with E-state index in [4.69, 9.17) is 28.9 Å². The Morgan fingerprint density at radius 3 is 2.38 bits per heavy atom. The first-order chi connectivity index (χ1) is 31.8. The van der Waals surface area contributed by atoms with E-state index in [0.717, 1.165) is 70.0 Å². The Balaban J connectivity index is 1.34. The highest BCUT2D eigenvalue weighted by Gasteiger charge is 2.65. The number of hydrogen-bond donors (Lipinski definition) is 2. The van der Waals surface area contributed by atoms with Gasteiger partial charge in [0.1, 0.15) is 29.9 Å². The maximum Gasteiger partial charge on any atom is 0.410 e. The van der Waals surface area contributed by atoms with Gasteiger partial charge in [-0.1, -0.05) is 109 Å². The van der Waals surface area contributed by atoms with Crippen molar-refractivity contribution in [2.24, 2.45) is 22.9 Å². The predicted octanol–water partition coefficient (Wildman–Crippen LogP) is 11.4. The van der Waals surface area contributed by atoms with E-state index in [2.05, 4.69) is 62.9 Å². The summed E-state index contributed by atoms with van der Waals surface area (Å²) in [4.78, 5) is 22.6. The Bertz CT molecular complexity index is 2500. The Labute approximate surface area is 383 Å². The van der Waals surface area contributed by atoms with Crippen LogP contribution in [0.25, 0.3) is 10.8 Å². The number of aryl methyl sites for hydroxylation is 2. The zero-order valence-electron chi connectivity index (χ0n) is 37.9. The smallest absolute Gasteiger partial charge is 0.410 e. The number of carbonyl (C=O) groups is 1. The van der Waals surface area contributed by atoms with Crippen LogP contribution in [-0.2, 0) is 27.5 Å². The van der Waals surface area contributed by atoms with Crippen molar-refractivity contribution >= 4 is 22.6 Å². The first-order valence-electron chi connectivity index (χ1n) is 23.1. The van der Waals surface area contributed by atoms with Gasteiger partial charge in [-0.05, 0) is 120 Å². The van der Waals surface area contributed by atoms with Crippen LogP contribution in [0.3, 0.4) is 0 Å². The van der Waals surface area contributed by atoms with Crippen LogP contribution in [0.2, 0.25) is 0 Å². The van der Waals surface area contributed by atoms with Gasteiger partial charge in [0.2, 0.25) is 5.79 Å². The van der Waals surface area contributed by atoms with E-state index >= 15 is 0 Å². The number of unbranched alkanes of at least 4 members (excludes halogenated alkanes) is 2. The molecule has 10 nitrogen and oxygen atoms in total. The summed E-state index contributed by atoms with van der Waals surface area (Å²) in [5.74, 6) is 0.0340. The lowest BCUT2D eigenvalue weighted by atomic mass is 9.55. The summed E-state index contributed by atoms with van der Waals surface area (Å²) in [6.07, 6.45) is 8.42. The number of methoxy groups -OCH3 is 1. The number of aliphatic hydroxyl groups excluding tert-OH is 2. The number of amides is 1. The first kappa shape index (κ1) is 45.6. The second-order valence-corrected chi connectivity index (χ2v) is 17.6. The minimum Gasteiger partial charge on any atom is -0.459 e. The van der Waals surface area contributed by atoms with Crippen LogP contribution in [0.15, 0.2) is 139 Å². The number of rotatable bonds is 19. The van der Waals surface area contributed by atoms with E-state index in [9.17, 15) is 15.0 Å². The Kier molecular flexibility index (Phi) is 14.7. The third-order valence-corrected chi connectivity index (χ3v) is 13.6. The minimum absolute atomic E-state index is 0.0510. The summed E-state index contributed by atoms with van der Waals surface area (Å²) in [6.45, 7) is 9.06. The number of benzene rings is 5. The Morgan fingerprint density at radius 2 is 1.62 bits per heavy atom. The largest absolute Gasteiger partial charge is 0.459 e. The van der Waals surface area contributed by atoms with E-state index in [1.165, 1.54) is 12.7 Å². The molecular formula is C55H62N2O8. The average Bonchev–Trinajstić information content (AvgIpc) is 3.33. The molecule has 5 aromatic carbocycles. The molecule has 2 aliphatic carbocycles. The number of ether oxygens (including phenoxy) is 4. The van der Waals surface area contributed by atoms with Crippen LogP contribution in [0, 0.1) is 31.6 Å². The van der Waals surface area contributed by atoms with Crippen LogP contribution < -0.4 is 9.47 Å². The van der Waals surface area contributed by atoms with Gasteiger partial charge < -0.3 is 34.0 Å². The fourth-order valence-electron chi connectivity index (χ4n) is 10.4. The summed E-state index contributed by atoms with van der Waals surface area (Å²) in [5.41, 5.74) is 6.89.